The second kappa shape index (κ2) is 5.98. The first-order valence-electron chi connectivity index (χ1n) is 7.41. The van der Waals surface area contributed by atoms with Crippen LogP contribution in [-0.4, -0.2) is 34.5 Å². The maximum atomic E-state index is 12.7. The van der Waals surface area contributed by atoms with Gasteiger partial charge in [-0.2, -0.15) is 0 Å². The van der Waals surface area contributed by atoms with Gasteiger partial charge < -0.3 is 5.11 Å². The molecule has 21 heavy (non-hydrogen) atoms. The smallest absolute Gasteiger partial charge is 0.236 e. The number of carbonyl (C=O) groups is 2. The minimum absolute atomic E-state index is 0.0926. The third-order valence-electron chi connectivity index (χ3n) is 4.66. The second-order valence-electron chi connectivity index (χ2n) is 6.34. The quantitative estimate of drug-likeness (QED) is 0.844. The lowest BCUT2D eigenvalue weighted by molar-refractivity contribution is -0.145. The van der Waals surface area contributed by atoms with Crippen LogP contribution in [0.2, 0.25) is 0 Å². The van der Waals surface area contributed by atoms with Crippen molar-refractivity contribution in [1.82, 2.24) is 4.90 Å². The number of hydrogen-bond donors (Lipinski definition) is 1. The fourth-order valence-corrected chi connectivity index (χ4v) is 2.81. The van der Waals surface area contributed by atoms with Crippen molar-refractivity contribution in [2.75, 3.05) is 6.61 Å². The van der Waals surface area contributed by atoms with Crippen LogP contribution < -0.4 is 0 Å². The molecule has 2 atom stereocenters. The molecule has 0 spiro atoms. The molecule has 0 aliphatic carbocycles. The molecule has 1 N–H and O–H groups in total. The maximum absolute atomic E-state index is 12.7. The van der Waals surface area contributed by atoms with E-state index < -0.39 is 11.5 Å². The highest BCUT2D eigenvalue weighted by molar-refractivity contribution is 6.06. The van der Waals surface area contributed by atoms with E-state index in [0.717, 1.165) is 5.56 Å². The first kappa shape index (κ1) is 15.7. The van der Waals surface area contributed by atoms with Crippen LogP contribution in [0.4, 0.5) is 0 Å². The topological polar surface area (TPSA) is 57.6 Å². The number of aliphatic hydroxyl groups is 1. The fraction of sp³-hybridized carbons (Fsp3) is 0.529. The molecule has 0 saturated carbocycles. The van der Waals surface area contributed by atoms with Crippen LogP contribution in [0.5, 0.6) is 0 Å². The van der Waals surface area contributed by atoms with Gasteiger partial charge in [-0.1, -0.05) is 44.2 Å². The van der Waals surface area contributed by atoms with Crippen molar-refractivity contribution in [3.8, 4) is 0 Å². The molecule has 2 rings (SSSR count). The van der Waals surface area contributed by atoms with E-state index in [0.29, 0.717) is 6.42 Å². The monoisotopic (exact) mass is 289 g/mol. The number of hydrogen-bond acceptors (Lipinski definition) is 3. The Labute approximate surface area is 125 Å². The molecule has 1 fully saturated rings. The largest absolute Gasteiger partial charge is 0.394 e. The van der Waals surface area contributed by atoms with Crippen LogP contribution in [0.3, 0.4) is 0 Å². The van der Waals surface area contributed by atoms with Gasteiger partial charge in [0.15, 0.2) is 0 Å². The SMILES string of the molecule is CC(C)C1(C)CC(=O)N([C@@H](CO)Cc2ccccc2)C1=O. The summed E-state index contributed by atoms with van der Waals surface area (Å²) in [6.45, 7) is 5.55. The first-order valence-corrected chi connectivity index (χ1v) is 7.41. The lowest BCUT2D eigenvalue weighted by atomic mass is 9.78. The van der Waals surface area contributed by atoms with Crippen LogP contribution >= 0.6 is 0 Å². The van der Waals surface area contributed by atoms with Crippen molar-refractivity contribution < 1.29 is 14.7 Å². The molecule has 1 heterocycles. The van der Waals surface area contributed by atoms with Crippen molar-refractivity contribution in [2.24, 2.45) is 11.3 Å². The summed E-state index contributed by atoms with van der Waals surface area (Å²) in [5.74, 6) is -0.237. The van der Waals surface area contributed by atoms with Gasteiger partial charge in [-0.15, -0.1) is 0 Å². The van der Waals surface area contributed by atoms with Crippen LogP contribution in [0.15, 0.2) is 30.3 Å². The molecule has 114 valence electrons. The summed E-state index contributed by atoms with van der Waals surface area (Å²) in [6.07, 6.45) is 0.720. The zero-order valence-electron chi connectivity index (χ0n) is 12.9. The minimum atomic E-state index is -0.652. The van der Waals surface area contributed by atoms with Gasteiger partial charge in [-0.3, -0.25) is 14.5 Å². The third-order valence-corrected chi connectivity index (χ3v) is 4.66. The van der Waals surface area contributed by atoms with Crippen LogP contribution in [0, 0.1) is 11.3 Å². The predicted molar refractivity (Wildman–Crippen MR) is 80.4 cm³/mol. The van der Waals surface area contributed by atoms with E-state index in [1.807, 2.05) is 51.1 Å². The Bertz CT molecular complexity index is 526. The molecule has 0 aromatic heterocycles. The number of nitrogens with zero attached hydrogens (tertiary/aromatic N) is 1. The van der Waals surface area contributed by atoms with Gasteiger partial charge in [0.2, 0.25) is 11.8 Å². The summed E-state index contributed by atoms with van der Waals surface area (Å²) in [7, 11) is 0. The summed E-state index contributed by atoms with van der Waals surface area (Å²) in [4.78, 5) is 26.2. The highest BCUT2D eigenvalue weighted by Crippen LogP contribution is 2.40. The van der Waals surface area contributed by atoms with Crippen molar-refractivity contribution >= 4 is 11.8 Å². The Hall–Kier alpha value is -1.68. The molecule has 1 aliphatic rings. The number of rotatable bonds is 5. The molecule has 0 bridgehead atoms. The molecular formula is C17H23NO3. The van der Waals surface area contributed by atoms with E-state index >= 15 is 0 Å². The molecule has 1 unspecified atom stereocenters. The van der Waals surface area contributed by atoms with Gasteiger partial charge in [0.05, 0.1) is 18.1 Å². The number of amides is 2. The molecule has 1 aromatic carbocycles. The van der Waals surface area contributed by atoms with Crippen molar-refractivity contribution in [1.29, 1.82) is 0 Å². The van der Waals surface area contributed by atoms with Gasteiger partial charge in [0.25, 0.3) is 0 Å². The number of imide groups is 1. The van der Waals surface area contributed by atoms with E-state index in [1.165, 1.54) is 4.90 Å². The standard InChI is InChI=1S/C17H23NO3/c1-12(2)17(3)10-15(20)18(16(17)21)14(11-19)9-13-7-5-4-6-8-13/h4-8,12,14,19H,9-11H2,1-3H3/t14-,17?/m1/s1. The number of aliphatic hydroxyl groups excluding tert-OH is 1. The van der Waals surface area contributed by atoms with Gasteiger partial charge in [0, 0.05) is 6.42 Å². The third kappa shape index (κ3) is 2.86. The second-order valence-corrected chi connectivity index (χ2v) is 6.34. The van der Waals surface area contributed by atoms with Gasteiger partial charge in [-0.05, 0) is 24.8 Å². The van der Waals surface area contributed by atoms with E-state index in [1.54, 1.807) is 0 Å². The summed E-state index contributed by atoms with van der Waals surface area (Å²) in [5.41, 5.74) is 0.358. The highest BCUT2D eigenvalue weighted by atomic mass is 16.3. The molecule has 1 saturated heterocycles. The van der Waals surface area contributed by atoms with Crippen LogP contribution in [0.1, 0.15) is 32.8 Å². The Morgan fingerprint density at radius 3 is 2.33 bits per heavy atom. The van der Waals surface area contributed by atoms with E-state index in [4.69, 9.17) is 0 Å². The molecule has 2 amide bonds. The fourth-order valence-electron chi connectivity index (χ4n) is 2.81. The Kier molecular flexibility index (Phi) is 4.47. The van der Waals surface area contributed by atoms with Crippen LogP contribution in [0.25, 0.3) is 0 Å². The van der Waals surface area contributed by atoms with Crippen LogP contribution in [-0.2, 0) is 16.0 Å². The lowest BCUT2D eigenvalue weighted by Gasteiger charge is -2.29. The Morgan fingerprint density at radius 1 is 1.24 bits per heavy atom. The molecule has 0 radical (unpaired) electrons. The van der Waals surface area contributed by atoms with Crippen molar-refractivity contribution in [2.45, 2.75) is 39.7 Å². The zero-order chi connectivity index (χ0) is 15.6. The van der Waals surface area contributed by atoms with E-state index in [9.17, 15) is 14.7 Å². The summed E-state index contributed by atoms with van der Waals surface area (Å²) >= 11 is 0. The molecular weight excluding hydrogens is 266 g/mol. The van der Waals surface area contributed by atoms with E-state index in [-0.39, 0.29) is 30.8 Å². The summed E-state index contributed by atoms with van der Waals surface area (Å²) in [5, 5.41) is 9.65. The average molecular weight is 289 g/mol. The molecule has 4 nitrogen and oxygen atoms in total. The zero-order valence-corrected chi connectivity index (χ0v) is 12.9. The first-order chi connectivity index (χ1) is 9.90. The maximum Gasteiger partial charge on any atom is 0.236 e. The van der Waals surface area contributed by atoms with Gasteiger partial charge in [0.1, 0.15) is 0 Å². The number of benzene rings is 1. The van der Waals surface area contributed by atoms with E-state index in [2.05, 4.69) is 0 Å². The molecule has 1 aromatic rings. The van der Waals surface area contributed by atoms with Gasteiger partial charge >= 0.3 is 0 Å². The highest BCUT2D eigenvalue weighted by Gasteiger charge is 2.51. The number of likely N-dealkylation sites (tertiary alicyclic amines) is 1. The molecule has 4 heteroatoms. The number of carbonyl (C=O) groups excluding carboxylic acids is 2. The van der Waals surface area contributed by atoms with Crippen molar-refractivity contribution in [3.63, 3.8) is 0 Å². The summed E-state index contributed by atoms with van der Waals surface area (Å²) in [6, 6.07) is 9.14. The average Bonchev–Trinajstić information content (AvgIpc) is 2.69. The van der Waals surface area contributed by atoms with Gasteiger partial charge in [-0.25, -0.2) is 0 Å². The Morgan fingerprint density at radius 2 is 1.86 bits per heavy atom. The minimum Gasteiger partial charge on any atom is -0.394 e. The van der Waals surface area contributed by atoms with Crippen molar-refractivity contribution in [3.05, 3.63) is 35.9 Å². The lowest BCUT2D eigenvalue weighted by Crippen LogP contribution is -2.46. The molecule has 1 aliphatic heterocycles. The summed E-state index contributed by atoms with van der Waals surface area (Å²) < 4.78 is 0. The normalized spacial score (nSPS) is 24.0. The predicted octanol–water partition coefficient (Wildman–Crippen LogP) is 2.01. The Balaban J connectivity index is 2.22.